The zero-order chi connectivity index (χ0) is 23.4. The summed E-state index contributed by atoms with van der Waals surface area (Å²) in [6.07, 6.45) is 8.49. The van der Waals surface area contributed by atoms with Crippen LogP contribution in [0.3, 0.4) is 0 Å². The highest BCUT2D eigenvalue weighted by Gasteiger charge is 2.35. The van der Waals surface area contributed by atoms with Gasteiger partial charge in [-0.3, -0.25) is 0 Å². The molecule has 0 radical (unpaired) electrons. The number of hydrogen-bond donors (Lipinski definition) is 3. The number of allylic oxidation sites excluding steroid dienone is 3. The van der Waals surface area contributed by atoms with Gasteiger partial charge in [-0.05, 0) is 56.2 Å². The minimum atomic E-state index is -1.97. The van der Waals surface area contributed by atoms with Crippen LogP contribution < -0.4 is 20.5 Å². The van der Waals surface area contributed by atoms with Gasteiger partial charge in [-0.25, -0.2) is 9.20 Å². The second kappa shape index (κ2) is 10.7. The smallest absolute Gasteiger partial charge is 0.231 e. The largest absolute Gasteiger partial charge is 0.454 e. The van der Waals surface area contributed by atoms with Gasteiger partial charge < -0.3 is 30.0 Å². The Morgan fingerprint density at radius 2 is 2.18 bits per heavy atom. The van der Waals surface area contributed by atoms with Gasteiger partial charge in [0.05, 0.1) is 5.70 Å². The normalized spacial score (nSPS) is 20.1. The molecule has 1 aromatic carbocycles. The highest BCUT2D eigenvalue weighted by atomic mass is 32.2. The molecule has 33 heavy (non-hydrogen) atoms. The first kappa shape index (κ1) is 23.7. The van der Waals surface area contributed by atoms with Gasteiger partial charge in [0.15, 0.2) is 33.9 Å². The van der Waals surface area contributed by atoms with Crippen LogP contribution in [0, 0.1) is 0 Å². The number of amidine groups is 1. The molecule has 3 heterocycles. The van der Waals surface area contributed by atoms with Gasteiger partial charge in [-0.2, -0.15) is 0 Å². The number of nitrogens with zero attached hydrogens (tertiary/aromatic N) is 2. The van der Waals surface area contributed by atoms with Crippen LogP contribution in [0.15, 0.2) is 57.2 Å². The Labute approximate surface area is 201 Å². The number of aryl methyl sites for hydroxylation is 1. The molecule has 8 nitrogen and oxygen atoms in total. The minimum Gasteiger partial charge on any atom is -0.454 e. The third-order valence-corrected chi connectivity index (χ3v) is 7.70. The van der Waals surface area contributed by atoms with Gasteiger partial charge in [-0.15, -0.1) is 0 Å². The SMILES string of the molecule is C=C(CCCCN1C2=NC=CCCC(N)=C2NC1Sc1cc2c(cc1CC)OCO2)S(=O)O. The zero-order valence-corrected chi connectivity index (χ0v) is 20.3. The van der Waals surface area contributed by atoms with Gasteiger partial charge in [-0.1, -0.05) is 31.3 Å². The molecule has 2 atom stereocenters. The molecule has 4 N–H and O–H groups in total. The van der Waals surface area contributed by atoms with Crippen LogP contribution in [0.5, 0.6) is 11.5 Å². The van der Waals surface area contributed by atoms with Crippen LogP contribution in [0.25, 0.3) is 0 Å². The Bertz CT molecular complexity index is 1040. The van der Waals surface area contributed by atoms with E-state index in [-0.39, 0.29) is 12.3 Å². The topological polar surface area (TPSA) is 109 Å². The Morgan fingerprint density at radius 3 is 2.94 bits per heavy atom. The standard InChI is InChI=1S/C23H30N4O4S2/c1-3-16-12-18-19(31-14-30-18)13-20(16)32-23-26-21-17(24)9-4-6-10-25-22(21)27(23)11-7-5-8-15(2)33(28)29/h6,10,12-13,23,26H,2-5,7-9,11,14,24H2,1H3,(H,28,29). The molecule has 4 rings (SSSR count). The lowest BCUT2D eigenvalue weighted by atomic mass is 10.1. The van der Waals surface area contributed by atoms with Crippen LogP contribution in [-0.2, 0) is 17.5 Å². The maximum absolute atomic E-state index is 11.2. The van der Waals surface area contributed by atoms with E-state index < -0.39 is 11.1 Å². The number of thioether (sulfide) groups is 1. The lowest BCUT2D eigenvalue weighted by molar-refractivity contribution is 0.174. The summed E-state index contributed by atoms with van der Waals surface area (Å²) in [4.78, 5) is 8.41. The summed E-state index contributed by atoms with van der Waals surface area (Å²) >= 11 is -0.266. The van der Waals surface area contributed by atoms with Crippen molar-refractivity contribution in [3.8, 4) is 11.5 Å². The lowest BCUT2D eigenvalue weighted by Crippen LogP contribution is -2.35. The fraction of sp³-hybridized carbons (Fsp3) is 0.435. The van der Waals surface area contributed by atoms with Gasteiger partial charge in [0.2, 0.25) is 6.79 Å². The Morgan fingerprint density at radius 1 is 1.39 bits per heavy atom. The molecule has 10 heteroatoms. The van der Waals surface area contributed by atoms with E-state index in [0.29, 0.717) is 11.3 Å². The fourth-order valence-corrected chi connectivity index (χ4v) is 5.54. The van der Waals surface area contributed by atoms with Crippen molar-refractivity contribution in [3.63, 3.8) is 0 Å². The molecular formula is C23H30N4O4S2. The third-order valence-electron chi connectivity index (χ3n) is 5.78. The molecular weight excluding hydrogens is 460 g/mol. The molecule has 178 valence electrons. The van der Waals surface area contributed by atoms with Crippen LogP contribution in [0.4, 0.5) is 0 Å². The molecule has 0 saturated carbocycles. The first-order valence-corrected chi connectivity index (χ1v) is 13.1. The lowest BCUT2D eigenvalue weighted by Gasteiger charge is -2.26. The monoisotopic (exact) mass is 490 g/mol. The molecule has 1 aromatic rings. The number of unbranched alkanes of at least 4 members (excludes halogenated alkanes) is 1. The molecule has 3 aliphatic heterocycles. The molecule has 0 spiro atoms. The van der Waals surface area contributed by atoms with Crippen molar-refractivity contribution >= 4 is 28.7 Å². The van der Waals surface area contributed by atoms with Gasteiger partial charge in [0, 0.05) is 28.2 Å². The fourth-order valence-electron chi connectivity index (χ4n) is 3.94. The highest BCUT2D eigenvalue weighted by molar-refractivity contribution is 8.00. The average Bonchev–Trinajstić information content (AvgIpc) is 3.38. The van der Waals surface area contributed by atoms with Crippen LogP contribution in [0.1, 0.15) is 44.6 Å². The first-order valence-electron chi connectivity index (χ1n) is 11.1. The van der Waals surface area contributed by atoms with E-state index in [4.69, 9.17) is 20.2 Å². The number of hydrogen-bond acceptors (Lipinski definition) is 8. The summed E-state index contributed by atoms with van der Waals surface area (Å²) in [5.74, 6) is 2.39. The Hall–Kier alpha value is -2.43. The molecule has 1 saturated heterocycles. The van der Waals surface area contributed by atoms with E-state index in [2.05, 4.69) is 29.8 Å². The predicted molar refractivity (Wildman–Crippen MR) is 132 cm³/mol. The van der Waals surface area contributed by atoms with Crippen LogP contribution >= 0.6 is 11.8 Å². The van der Waals surface area contributed by atoms with Gasteiger partial charge in [0.25, 0.3) is 0 Å². The summed E-state index contributed by atoms with van der Waals surface area (Å²) in [7, 11) is 0. The van der Waals surface area contributed by atoms with Gasteiger partial charge in [0.1, 0.15) is 0 Å². The summed E-state index contributed by atoms with van der Waals surface area (Å²) in [6, 6.07) is 4.10. The second-order valence-corrected chi connectivity index (χ2v) is 10.2. The number of rotatable bonds is 9. The van der Waals surface area contributed by atoms with E-state index in [1.165, 1.54) is 5.56 Å². The van der Waals surface area contributed by atoms with Gasteiger partial charge >= 0.3 is 0 Å². The number of aliphatic imine (C=N–C) groups is 1. The van der Waals surface area contributed by atoms with E-state index in [9.17, 15) is 8.76 Å². The molecule has 3 aliphatic rings. The van der Waals surface area contributed by atoms with E-state index in [1.54, 1.807) is 11.8 Å². The van der Waals surface area contributed by atoms with Crippen LogP contribution in [-0.4, -0.2) is 38.3 Å². The molecule has 0 aliphatic carbocycles. The Kier molecular flexibility index (Phi) is 7.67. The van der Waals surface area contributed by atoms with Crippen molar-refractivity contribution in [1.29, 1.82) is 0 Å². The number of ether oxygens (including phenoxy) is 2. The molecule has 0 bridgehead atoms. The quantitative estimate of drug-likeness (QED) is 0.351. The second-order valence-electron chi connectivity index (χ2n) is 8.00. The number of nitrogens with one attached hydrogen (secondary N) is 1. The maximum Gasteiger partial charge on any atom is 0.231 e. The number of nitrogens with two attached hydrogens (primary N) is 1. The zero-order valence-electron chi connectivity index (χ0n) is 18.7. The van der Waals surface area contributed by atoms with Crippen molar-refractivity contribution in [2.45, 2.75) is 55.8 Å². The van der Waals surface area contributed by atoms with Crippen molar-refractivity contribution in [2.24, 2.45) is 10.7 Å². The average molecular weight is 491 g/mol. The van der Waals surface area contributed by atoms with E-state index >= 15 is 0 Å². The molecule has 0 amide bonds. The van der Waals surface area contributed by atoms with E-state index in [1.807, 2.05) is 18.3 Å². The summed E-state index contributed by atoms with van der Waals surface area (Å²) in [6.45, 7) is 6.78. The maximum atomic E-state index is 11.2. The molecule has 2 unspecified atom stereocenters. The molecule has 0 aromatic heterocycles. The molecule has 1 fully saturated rings. The van der Waals surface area contributed by atoms with Crippen molar-refractivity contribution in [3.05, 3.63) is 52.9 Å². The third kappa shape index (κ3) is 5.39. The van der Waals surface area contributed by atoms with Crippen molar-refractivity contribution in [2.75, 3.05) is 13.3 Å². The van der Waals surface area contributed by atoms with Crippen LogP contribution in [0.2, 0.25) is 0 Å². The summed E-state index contributed by atoms with van der Waals surface area (Å²) in [5.41, 5.74) is 9.21. The Balaban J connectivity index is 1.57. The van der Waals surface area contributed by atoms with E-state index in [0.717, 1.165) is 72.3 Å². The first-order chi connectivity index (χ1) is 16.0. The highest BCUT2D eigenvalue weighted by Crippen LogP contribution is 2.41. The van der Waals surface area contributed by atoms with Crippen molar-refractivity contribution < 1.29 is 18.2 Å². The predicted octanol–water partition coefficient (Wildman–Crippen LogP) is 4.04. The number of fused-ring (bicyclic) bond motifs is 2. The summed E-state index contributed by atoms with van der Waals surface area (Å²) in [5, 5.41) is 3.60. The summed E-state index contributed by atoms with van der Waals surface area (Å²) < 4.78 is 31.5. The minimum absolute atomic E-state index is 0.0929. The van der Waals surface area contributed by atoms with Crippen molar-refractivity contribution in [1.82, 2.24) is 10.2 Å². The number of benzene rings is 1.